The van der Waals surface area contributed by atoms with Crippen LogP contribution in [0.15, 0.2) is 18.5 Å². The molecule has 0 amide bonds. The zero-order valence-corrected chi connectivity index (χ0v) is 8.78. The van der Waals surface area contributed by atoms with Gasteiger partial charge in [0.05, 0.1) is 18.9 Å². The first kappa shape index (κ1) is 9.66. The van der Waals surface area contributed by atoms with E-state index in [1.807, 2.05) is 0 Å². The second kappa shape index (κ2) is 3.70. The topological polar surface area (TPSA) is 81.8 Å². The molecule has 6 nitrogen and oxygen atoms in total. The van der Waals surface area contributed by atoms with Crippen LogP contribution in [0.4, 0.5) is 0 Å². The molecule has 0 aliphatic carbocycles. The predicted molar refractivity (Wildman–Crippen MR) is 57.3 cm³/mol. The number of methoxy groups -OCH3 is 1. The molecule has 0 aromatic carbocycles. The summed E-state index contributed by atoms with van der Waals surface area (Å²) < 4.78 is 6.78. The van der Waals surface area contributed by atoms with Crippen LogP contribution >= 0.6 is 12.2 Å². The van der Waals surface area contributed by atoms with Gasteiger partial charge in [-0.3, -0.25) is 4.98 Å². The van der Waals surface area contributed by atoms with Gasteiger partial charge in [0, 0.05) is 6.20 Å². The highest BCUT2D eigenvalue weighted by Crippen LogP contribution is 2.25. The van der Waals surface area contributed by atoms with Gasteiger partial charge in [-0.25, -0.2) is 9.77 Å². The lowest BCUT2D eigenvalue weighted by Crippen LogP contribution is -2.10. The normalized spacial score (nSPS) is 10.2. The van der Waals surface area contributed by atoms with Crippen LogP contribution in [0.25, 0.3) is 11.4 Å². The second-order valence-corrected chi connectivity index (χ2v) is 3.19. The van der Waals surface area contributed by atoms with Gasteiger partial charge < -0.3 is 10.6 Å². The van der Waals surface area contributed by atoms with Crippen LogP contribution in [0.5, 0.6) is 5.75 Å². The molecule has 0 aliphatic rings. The molecule has 0 atom stereocenters. The van der Waals surface area contributed by atoms with Crippen LogP contribution in [0, 0.1) is 4.77 Å². The molecule has 2 aromatic rings. The van der Waals surface area contributed by atoms with E-state index in [9.17, 15) is 0 Å². The van der Waals surface area contributed by atoms with Crippen molar-refractivity contribution >= 4 is 12.2 Å². The average Bonchev–Trinajstić information content (AvgIpc) is 2.60. The van der Waals surface area contributed by atoms with Gasteiger partial charge in [-0.15, -0.1) is 0 Å². The molecular weight excluding hydrogens is 214 g/mol. The van der Waals surface area contributed by atoms with E-state index in [0.29, 0.717) is 16.3 Å². The lowest BCUT2D eigenvalue weighted by atomic mass is 10.2. The molecule has 0 spiro atoms. The minimum Gasteiger partial charge on any atom is -0.494 e. The van der Waals surface area contributed by atoms with Crippen molar-refractivity contribution in [1.82, 2.24) is 19.9 Å². The van der Waals surface area contributed by atoms with Crippen LogP contribution in [-0.4, -0.2) is 27.0 Å². The number of nitrogen functional groups attached to an aromatic ring is 1. The predicted octanol–water partition coefficient (Wildman–Crippen LogP) is 0.725. The number of H-pyrrole nitrogens is 1. The molecular formula is C8H9N5OS. The number of hydrogen-bond donors (Lipinski definition) is 2. The Morgan fingerprint density at radius 1 is 1.60 bits per heavy atom. The van der Waals surface area contributed by atoms with Crippen molar-refractivity contribution < 1.29 is 4.74 Å². The minimum absolute atomic E-state index is 0.351. The third kappa shape index (κ3) is 1.57. The number of nitrogens with one attached hydrogen (secondary N) is 1. The molecule has 78 valence electrons. The Morgan fingerprint density at radius 2 is 2.40 bits per heavy atom. The van der Waals surface area contributed by atoms with Crippen molar-refractivity contribution in [3.63, 3.8) is 0 Å². The highest BCUT2D eigenvalue weighted by atomic mass is 32.1. The molecule has 0 saturated carbocycles. The fraction of sp³-hybridized carbons (Fsp3) is 0.125. The first-order valence-electron chi connectivity index (χ1n) is 4.15. The molecule has 0 bridgehead atoms. The molecule has 0 aliphatic heterocycles. The summed E-state index contributed by atoms with van der Waals surface area (Å²) >= 11 is 4.92. The van der Waals surface area contributed by atoms with Crippen LogP contribution in [0.2, 0.25) is 0 Å². The molecule has 2 rings (SSSR count). The molecule has 3 N–H and O–H groups in total. The molecule has 7 heteroatoms. The molecule has 0 fully saturated rings. The summed E-state index contributed by atoms with van der Waals surface area (Å²) in [6.45, 7) is 0. The fourth-order valence-electron chi connectivity index (χ4n) is 1.22. The average molecular weight is 223 g/mol. The Balaban J connectivity index is 2.63. The Bertz CT molecular complexity index is 532. The van der Waals surface area contributed by atoms with E-state index in [4.69, 9.17) is 22.8 Å². The largest absolute Gasteiger partial charge is 0.494 e. The Kier molecular flexibility index (Phi) is 2.38. The Morgan fingerprint density at radius 3 is 3.00 bits per heavy atom. The van der Waals surface area contributed by atoms with E-state index in [-0.39, 0.29) is 0 Å². The maximum Gasteiger partial charge on any atom is 0.214 e. The standard InChI is InChI=1S/C8H9N5OS/c1-14-6-4-10-3-2-5(6)7-11-12-8(15)13(7)9/h2-4H,9H2,1H3,(H,12,15). The molecule has 15 heavy (non-hydrogen) atoms. The fourth-order valence-corrected chi connectivity index (χ4v) is 1.35. The van der Waals surface area contributed by atoms with E-state index < -0.39 is 0 Å². The molecule has 2 heterocycles. The quantitative estimate of drug-likeness (QED) is 0.579. The van der Waals surface area contributed by atoms with Crippen molar-refractivity contribution in [2.75, 3.05) is 13.0 Å². The monoisotopic (exact) mass is 223 g/mol. The van der Waals surface area contributed by atoms with Gasteiger partial charge in [-0.2, -0.15) is 5.10 Å². The Hall–Kier alpha value is -1.89. The zero-order chi connectivity index (χ0) is 10.8. The lowest BCUT2D eigenvalue weighted by molar-refractivity contribution is 0.414. The van der Waals surface area contributed by atoms with E-state index in [2.05, 4.69) is 15.2 Å². The van der Waals surface area contributed by atoms with Gasteiger partial charge >= 0.3 is 0 Å². The van der Waals surface area contributed by atoms with Crippen molar-refractivity contribution in [2.24, 2.45) is 0 Å². The third-order valence-electron chi connectivity index (χ3n) is 1.95. The van der Waals surface area contributed by atoms with Gasteiger partial charge in [0.15, 0.2) is 5.82 Å². The van der Waals surface area contributed by atoms with Gasteiger partial charge in [-0.1, -0.05) is 0 Å². The summed E-state index contributed by atoms with van der Waals surface area (Å²) in [6.07, 6.45) is 3.22. The van der Waals surface area contributed by atoms with Gasteiger partial charge in [0.25, 0.3) is 0 Å². The maximum absolute atomic E-state index is 5.70. The van der Waals surface area contributed by atoms with Crippen LogP contribution in [0.1, 0.15) is 0 Å². The van der Waals surface area contributed by atoms with E-state index in [1.54, 1.807) is 25.6 Å². The second-order valence-electron chi connectivity index (χ2n) is 2.80. The smallest absolute Gasteiger partial charge is 0.214 e. The number of aromatic nitrogens is 4. The number of rotatable bonds is 2. The summed E-state index contributed by atoms with van der Waals surface area (Å²) in [4.78, 5) is 3.94. The van der Waals surface area contributed by atoms with E-state index >= 15 is 0 Å². The number of nitrogens with zero attached hydrogens (tertiary/aromatic N) is 3. The van der Waals surface area contributed by atoms with Crippen molar-refractivity contribution in [3.05, 3.63) is 23.2 Å². The lowest BCUT2D eigenvalue weighted by Gasteiger charge is -2.05. The first-order chi connectivity index (χ1) is 7.24. The number of nitrogens with two attached hydrogens (primary N) is 1. The highest BCUT2D eigenvalue weighted by Gasteiger charge is 2.11. The van der Waals surface area contributed by atoms with Gasteiger partial charge in [-0.05, 0) is 18.3 Å². The number of aromatic amines is 1. The summed E-state index contributed by atoms with van der Waals surface area (Å²) in [5.41, 5.74) is 0.738. The number of pyridine rings is 1. The molecule has 0 saturated heterocycles. The summed E-state index contributed by atoms with van der Waals surface area (Å²) in [5, 5.41) is 6.61. The van der Waals surface area contributed by atoms with E-state index in [1.165, 1.54) is 4.68 Å². The molecule has 0 radical (unpaired) electrons. The minimum atomic E-state index is 0.351. The highest BCUT2D eigenvalue weighted by molar-refractivity contribution is 7.71. The summed E-state index contributed by atoms with van der Waals surface area (Å²) in [5.74, 6) is 6.81. The van der Waals surface area contributed by atoms with Gasteiger partial charge in [0.1, 0.15) is 5.75 Å². The van der Waals surface area contributed by atoms with Crippen LogP contribution in [0.3, 0.4) is 0 Å². The van der Waals surface area contributed by atoms with Crippen molar-refractivity contribution in [3.8, 4) is 17.1 Å². The Labute approximate surface area is 90.7 Å². The van der Waals surface area contributed by atoms with Gasteiger partial charge in [0.2, 0.25) is 4.77 Å². The van der Waals surface area contributed by atoms with Crippen LogP contribution in [-0.2, 0) is 0 Å². The number of ether oxygens (including phenoxy) is 1. The molecule has 2 aromatic heterocycles. The zero-order valence-electron chi connectivity index (χ0n) is 7.97. The summed E-state index contributed by atoms with van der Waals surface area (Å²) in [6, 6.07) is 1.76. The van der Waals surface area contributed by atoms with Crippen molar-refractivity contribution in [2.45, 2.75) is 0 Å². The molecule has 0 unspecified atom stereocenters. The number of hydrogen-bond acceptors (Lipinski definition) is 5. The van der Waals surface area contributed by atoms with E-state index in [0.717, 1.165) is 5.56 Å². The van der Waals surface area contributed by atoms with Crippen LogP contribution < -0.4 is 10.6 Å². The third-order valence-corrected chi connectivity index (χ3v) is 2.24. The first-order valence-corrected chi connectivity index (χ1v) is 4.55. The van der Waals surface area contributed by atoms with Crippen molar-refractivity contribution in [1.29, 1.82) is 0 Å². The maximum atomic E-state index is 5.70. The SMILES string of the molecule is COc1cnccc1-c1n[nH]c(=S)n1N. The summed E-state index contributed by atoms with van der Waals surface area (Å²) in [7, 11) is 1.56.